The third-order valence-electron chi connectivity index (χ3n) is 5.51. The zero-order valence-electron chi connectivity index (χ0n) is 16.8. The molecule has 0 aromatic heterocycles. The normalized spacial score (nSPS) is 13.3. The molecule has 0 saturated heterocycles. The zero-order chi connectivity index (χ0) is 20.2. The first kappa shape index (κ1) is 18.4. The minimum atomic E-state index is 0.585. The van der Waals surface area contributed by atoms with Crippen molar-refractivity contribution in [1.29, 1.82) is 0 Å². The van der Waals surface area contributed by atoms with Crippen LogP contribution in [0.2, 0.25) is 0 Å². The summed E-state index contributed by atoms with van der Waals surface area (Å²) in [6.07, 6.45) is 5.27. The van der Waals surface area contributed by atoms with Crippen molar-refractivity contribution in [3.8, 4) is 5.75 Å². The van der Waals surface area contributed by atoms with Gasteiger partial charge in [0.25, 0.3) is 0 Å². The molecule has 4 aromatic carbocycles. The summed E-state index contributed by atoms with van der Waals surface area (Å²) in [5, 5.41) is 2.52. The number of allylic oxidation sites excluding steroid dienone is 1. The van der Waals surface area contributed by atoms with Crippen molar-refractivity contribution in [3.63, 3.8) is 0 Å². The van der Waals surface area contributed by atoms with Gasteiger partial charge in [0.15, 0.2) is 0 Å². The fourth-order valence-electron chi connectivity index (χ4n) is 3.95. The second-order valence-corrected chi connectivity index (χ2v) is 7.51. The maximum atomic E-state index is 6.01. The fourth-order valence-corrected chi connectivity index (χ4v) is 3.95. The highest BCUT2D eigenvalue weighted by molar-refractivity contribution is 6.13. The largest absolute Gasteiger partial charge is 0.489 e. The highest BCUT2D eigenvalue weighted by Crippen LogP contribution is 2.25. The van der Waals surface area contributed by atoms with Gasteiger partial charge in [0.2, 0.25) is 0 Å². The molecule has 0 N–H and O–H groups in total. The molecule has 0 saturated carbocycles. The van der Waals surface area contributed by atoms with Crippen LogP contribution in [0.3, 0.4) is 0 Å². The van der Waals surface area contributed by atoms with Crippen LogP contribution in [-0.4, -0.2) is 12.3 Å². The molecule has 1 heterocycles. The lowest BCUT2D eigenvalue weighted by atomic mass is 9.96. The first-order valence-electron chi connectivity index (χ1n) is 10.4. The highest BCUT2D eigenvalue weighted by atomic mass is 16.5. The minimum Gasteiger partial charge on any atom is -0.489 e. The lowest BCUT2D eigenvalue weighted by molar-refractivity contribution is 0.306. The lowest BCUT2D eigenvalue weighted by Crippen LogP contribution is -2.11. The Kier molecular flexibility index (Phi) is 5.14. The summed E-state index contributed by atoms with van der Waals surface area (Å²) in [6.45, 7) is 1.39. The van der Waals surface area contributed by atoms with E-state index >= 15 is 0 Å². The number of nitrogens with zero attached hydrogens (tertiary/aromatic N) is 1. The van der Waals surface area contributed by atoms with Gasteiger partial charge in [-0.25, -0.2) is 0 Å². The van der Waals surface area contributed by atoms with Crippen LogP contribution in [0.25, 0.3) is 16.8 Å². The van der Waals surface area contributed by atoms with E-state index in [1.54, 1.807) is 0 Å². The average Bonchev–Trinajstić information content (AvgIpc) is 2.82. The highest BCUT2D eigenvalue weighted by Gasteiger charge is 2.13. The van der Waals surface area contributed by atoms with E-state index in [0.717, 1.165) is 24.4 Å². The SMILES string of the molecule is C(=Cc1cccc2ccccc12)C1=NCCc2cc(OCc3ccccc3)ccc21. The van der Waals surface area contributed by atoms with E-state index in [2.05, 4.69) is 78.9 Å². The number of hydrogen-bond donors (Lipinski definition) is 0. The molecular formula is C28H23NO. The molecule has 1 aliphatic heterocycles. The second-order valence-electron chi connectivity index (χ2n) is 7.51. The average molecular weight is 389 g/mol. The summed E-state index contributed by atoms with van der Waals surface area (Å²) < 4.78 is 6.01. The molecule has 5 rings (SSSR count). The second kappa shape index (κ2) is 8.38. The molecule has 0 unspecified atom stereocenters. The lowest BCUT2D eigenvalue weighted by Gasteiger charge is -2.16. The van der Waals surface area contributed by atoms with Gasteiger partial charge in [0, 0.05) is 12.1 Å². The standard InChI is InChI=1S/C28H23NO/c1-2-7-21(8-3-1)20-30-25-14-15-27-24(19-25)17-18-29-28(27)16-13-23-11-6-10-22-9-4-5-12-26(22)23/h1-16,19H,17-18,20H2. The summed E-state index contributed by atoms with van der Waals surface area (Å²) >= 11 is 0. The maximum Gasteiger partial charge on any atom is 0.120 e. The number of ether oxygens (including phenoxy) is 1. The first-order chi connectivity index (χ1) is 14.9. The maximum absolute atomic E-state index is 6.01. The van der Waals surface area contributed by atoms with Gasteiger partial charge in [-0.15, -0.1) is 0 Å². The molecule has 0 bridgehead atoms. The molecule has 0 amide bonds. The Morgan fingerprint density at radius 3 is 2.57 bits per heavy atom. The van der Waals surface area contributed by atoms with E-state index in [9.17, 15) is 0 Å². The fraction of sp³-hybridized carbons (Fsp3) is 0.107. The van der Waals surface area contributed by atoms with Gasteiger partial charge >= 0.3 is 0 Å². The van der Waals surface area contributed by atoms with Crippen molar-refractivity contribution in [1.82, 2.24) is 0 Å². The van der Waals surface area contributed by atoms with Crippen molar-refractivity contribution < 1.29 is 4.74 Å². The van der Waals surface area contributed by atoms with Crippen molar-refractivity contribution in [2.24, 2.45) is 4.99 Å². The molecule has 0 fully saturated rings. The van der Waals surface area contributed by atoms with Gasteiger partial charge in [0.1, 0.15) is 12.4 Å². The molecule has 4 aromatic rings. The van der Waals surface area contributed by atoms with E-state index in [4.69, 9.17) is 9.73 Å². The quantitative estimate of drug-likeness (QED) is 0.383. The van der Waals surface area contributed by atoms with Crippen LogP contribution in [0.15, 0.2) is 102 Å². The van der Waals surface area contributed by atoms with Crippen LogP contribution in [0, 0.1) is 0 Å². The van der Waals surface area contributed by atoms with E-state index in [1.807, 2.05) is 24.3 Å². The van der Waals surface area contributed by atoms with Gasteiger partial charge in [0.05, 0.1) is 5.71 Å². The topological polar surface area (TPSA) is 21.6 Å². The summed E-state index contributed by atoms with van der Waals surface area (Å²) in [5.41, 5.74) is 5.93. The molecule has 1 aliphatic rings. The van der Waals surface area contributed by atoms with Gasteiger partial charge in [-0.2, -0.15) is 0 Å². The Morgan fingerprint density at radius 1 is 0.800 bits per heavy atom. The van der Waals surface area contributed by atoms with Gasteiger partial charge in [-0.1, -0.05) is 78.9 Å². The Balaban J connectivity index is 1.37. The van der Waals surface area contributed by atoms with Crippen molar-refractivity contribution in [3.05, 3.63) is 119 Å². The Morgan fingerprint density at radius 2 is 1.63 bits per heavy atom. The monoisotopic (exact) mass is 389 g/mol. The van der Waals surface area contributed by atoms with Crippen LogP contribution in [0.1, 0.15) is 22.3 Å². The molecule has 0 aliphatic carbocycles. The molecule has 2 nitrogen and oxygen atoms in total. The molecule has 146 valence electrons. The van der Waals surface area contributed by atoms with Crippen LogP contribution in [0.5, 0.6) is 5.75 Å². The predicted molar refractivity (Wildman–Crippen MR) is 125 cm³/mol. The molecule has 0 radical (unpaired) electrons. The summed E-state index contributed by atoms with van der Waals surface area (Å²) in [7, 11) is 0. The number of rotatable bonds is 5. The third kappa shape index (κ3) is 3.90. The van der Waals surface area contributed by atoms with Gasteiger partial charge in [-0.05, 0) is 58.2 Å². The van der Waals surface area contributed by atoms with E-state index in [-0.39, 0.29) is 0 Å². The summed E-state index contributed by atoms with van der Waals surface area (Å²) in [4.78, 5) is 4.78. The van der Waals surface area contributed by atoms with Crippen LogP contribution in [0.4, 0.5) is 0 Å². The number of aliphatic imine (C=N–C) groups is 1. The summed E-state index contributed by atoms with van der Waals surface area (Å²) in [5.74, 6) is 0.914. The third-order valence-corrected chi connectivity index (χ3v) is 5.51. The molecule has 0 spiro atoms. The molecule has 30 heavy (non-hydrogen) atoms. The smallest absolute Gasteiger partial charge is 0.120 e. The summed E-state index contributed by atoms with van der Waals surface area (Å²) in [6, 6.07) is 31.5. The predicted octanol–water partition coefficient (Wildman–Crippen LogP) is 6.48. The van der Waals surface area contributed by atoms with E-state index in [1.165, 1.54) is 33.0 Å². The van der Waals surface area contributed by atoms with Gasteiger partial charge in [-0.3, -0.25) is 4.99 Å². The zero-order valence-corrected chi connectivity index (χ0v) is 16.8. The van der Waals surface area contributed by atoms with Crippen molar-refractivity contribution in [2.45, 2.75) is 13.0 Å². The van der Waals surface area contributed by atoms with Gasteiger partial charge < -0.3 is 4.74 Å². The minimum absolute atomic E-state index is 0.585. The number of hydrogen-bond acceptors (Lipinski definition) is 2. The van der Waals surface area contributed by atoms with Crippen LogP contribution < -0.4 is 4.74 Å². The van der Waals surface area contributed by atoms with E-state index in [0.29, 0.717) is 6.61 Å². The Labute approximate surface area is 177 Å². The number of benzene rings is 4. The Bertz CT molecular complexity index is 1230. The van der Waals surface area contributed by atoms with E-state index < -0.39 is 0 Å². The van der Waals surface area contributed by atoms with Crippen molar-refractivity contribution >= 4 is 22.6 Å². The molecule has 2 heteroatoms. The first-order valence-corrected chi connectivity index (χ1v) is 10.4. The number of fused-ring (bicyclic) bond motifs is 2. The Hall–Kier alpha value is -3.65. The molecular weight excluding hydrogens is 366 g/mol. The van der Waals surface area contributed by atoms with Crippen molar-refractivity contribution in [2.75, 3.05) is 6.54 Å². The van der Waals surface area contributed by atoms with Crippen LogP contribution in [-0.2, 0) is 13.0 Å². The molecule has 0 atom stereocenters. The van der Waals surface area contributed by atoms with Crippen LogP contribution >= 0.6 is 0 Å².